The molecule has 0 unspecified atom stereocenters. The van der Waals surface area contributed by atoms with E-state index < -0.39 is 0 Å². The third-order valence-electron chi connectivity index (χ3n) is 4.44. The van der Waals surface area contributed by atoms with Gasteiger partial charge in [0.25, 0.3) is 5.56 Å². The molecule has 1 heterocycles. The maximum atomic E-state index is 13.2. The molecule has 4 rings (SSSR count). The zero-order chi connectivity index (χ0) is 18.6. The van der Waals surface area contributed by atoms with E-state index in [0.717, 1.165) is 28.2 Å². The molecular formula is C23H19N3O. The lowest BCUT2D eigenvalue weighted by Crippen LogP contribution is -2.18. The first-order chi connectivity index (χ1) is 13.2. The minimum atomic E-state index is -0.122. The number of H-pyrrole nitrogens is 1. The van der Waals surface area contributed by atoms with E-state index in [1.807, 2.05) is 91.9 Å². The molecular weight excluding hydrogens is 334 g/mol. The van der Waals surface area contributed by atoms with E-state index >= 15 is 0 Å². The van der Waals surface area contributed by atoms with Gasteiger partial charge in [0.05, 0.1) is 22.6 Å². The Hall–Kier alpha value is -3.66. The average molecular weight is 353 g/mol. The predicted octanol–water partition coefficient (Wildman–Crippen LogP) is 4.89. The van der Waals surface area contributed by atoms with Crippen molar-refractivity contribution in [1.82, 2.24) is 9.78 Å². The monoisotopic (exact) mass is 353 g/mol. The van der Waals surface area contributed by atoms with Crippen molar-refractivity contribution in [3.63, 3.8) is 0 Å². The fraction of sp³-hybridized carbons (Fsp3) is 0.0435. The van der Waals surface area contributed by atoms with Crippen LogP contribution >= 0.6 is 0 Å². The third-order valence-corrected chi connectivity index (χ3v) is 4.44. The summed E-state index contributed by atoms with van der Waals surface area (Å²) in [6.45, 7) is 1.99. The number of nitrogens with zero attached hydrogens (tertiary/aromatic N) is 2. The fourth-order valence-corrected chi connectivity index (χ4v) is 3.03. The van der Waals surface area contributed by atoms with Gasteiger partial charge in [-0.25, -0.2) is 4.68 Å². The van der Waals surface area contributed by atoms with Gasteiger partial charge in [-0.05, 0) is 30.7 Å². The highest BCUT2D eigenvalue weighted by Crippen LogP contribution is 2.21. The van der Waals surface area contributed by atoms with Gasteiger partial charge in [-0.1, -0.05) is 66.7 Å². The highest BCUT2D eigenvalue weighted by atomic mass is 16.1. The number of para-hydroxylation sites is 2. The maximum absolute atomic E-state index is 13.2. The molecule has 4 aromatic rings. The third kappa shape index (κ3) is 3.37. The summed E-state index contributed by atoms with van der Waals surface area (Å²) in [5.41, 5.74) is 4.77. The lowest BCUT2D eigenvalue weighted by atomic mass is 10.1. The molecule has 0 saturated carbocycles. The summed E-state index contributed by atoms with van der Waals surface area (Å²) >= 11 is 0. The second kappa shape index (κ2) is 7.30. The molecule has 27 heavy (non-hydrogen) atoms. The van der Waals surface area contributed by atoms with E-state index in [4.69, 9.17) is 0 Å². The van der Waals surface area contributed by atoms with Crippen molar-refractivity contribution in [3.05, 3.63) is 106 Å². The molecule has 0 bridgehead atoms. The summed E-state index contributed by atoms with van der Waals surface area (Å²) < 4.78 is 1.59. The molecule has 0 aliphatic rings. The first-order valence-corrected chi connectivity index (χ1v) is 8.79. The number of rotatable bonds is 4. The molecule has 0 fully saturated rings. The fourth-order valence-electron chi connectivity index (χ4n) is 3.03. The molecule has 0 atom stereocenters. The van der Waals surface area contributed by atoms with Crippen LogP contribution in [0.4, 0.5) is 5.69 Å². The standard InChI is InChI=1S/C23H19N3O/c1-17-10-8-9-15-21(17)26-23(27)20(16-24-19-13-6-3-7-14-19)22(25-26)18-11-4-2-5-12-18/h2-16,25H,1H3. The summed E-state index contributed by atoms with van der Waals surface area (Å²) in [5.74, 6) is 0. The first-order valence-electron chi connectivity index (χ1n) is 8.79. The molecule has 132 valence electrons. The summed E-state index contributed by atoms with van der Waals surface area (Å²) in [4.78, 5) is 17.7. The highest BCUT2D eigenvalue weighted by molar-refractivity contribution is 5.90. The van der Waals surface area contributed by atoms with Crippen molar-refractivity contribution in [3.8, 4) is 16.9 Å². The second-order valence-electron chi connectivity index (χ2n) is 6.29. The molecule has 1 N–H and O–H groups in total. The van der Waals surface area contributed by atoms with Crippen LogP contribution in [0.1, 0.15) is 11.1 Å². The molecule has 0 saturated heterocycles. The Bertz CT molecular complexity index is 1140. The van der Waals surface area contributed by atoms with E-state index in [1.165, 1.54) is 0 Å². The van der Waals surface area contributed by atoms with Crippen LogP contribution in [-0.2, 0) is 0 Å². The van der Waals surface area contributed by atoms with Crippen LogP contribution in [0.25, 0.3) is 16.9 Å². The average Bonchev–Trinajstić information content (AvgIpc) is 3.04. The predicted molar refractivity (Wildman–Crippen MR) is 110 cm³/mol. The number of hydrogen-bond donors (Lipinski definition) is 1. The van der Waals surface area contributed by atoms with Gasteiger partial charge in [-0.15, -0.1) is 0 Å². The van der Waals surface area contributed by atoms with Crippen LogP contribution in [-0.4, -0.2) is 16.0 Å². The minimum absolute atomic E-state index is 0.122. The van der Waals surface area contributed by atoms with Gasteiger partial charge in [-0.2, -0.15) is 0 Å². The summed E-state index contributed by atoms with van der Waals surface area (Å²) in [6.07, 6.45) is 1.64. The number of aliphatic imine (C=N–C) groups is 1. The Morgan fingerprint density at radius 1 is 0.852 bits per heavy atom. The zero-order valence-corrected chi connectivity index (χ0v) is 15.0. The molecule has 0 aliphatic heterocycles. The van der Waals surface area contributed by atoms with Crippen LogP contribution in [0.15, 0.2) is 94.7 Å². The molecule has 0 amide bonds. The Kier molecular flexibility index (Phi) is 4.54. The zero-order valence-electron chi connectivity index (χ0n) is 15.0. The number of benzene rings is 3. The van der Waals surface area contributed by atoms with Crippen LogP contribution in [0.5, 0.6) is 0 Å². The Labute approximate surface area is 157 Å². The normalized spacial score (nSPS) is 11.1. The number of aryl methyl sites for hydroxylation is 1. The smallest absolute Gasteiger partial charge is 0.280 e. The number of hydrogen-bond acceptors (Lipinski definition) is 2. The molecule has 0 radical (unpaired) electrons. The van der Waals surface area contributed by atoms with E-state index in [1.54, 1.807) is 10.9 Å². The van der Waals surface area contributed by atoms with Crippen LogP contribution in [0, 0.1) is 6.92 Å². The number of aromatic nitrogens is 2. The van der Waals surface area contributed by atoms with Gasteiger partial charge in [0.2, 0.25) is 0 Å². The highest BCUT2D eigenvalue weighted by Gasteiger charge is 2.16. The second-order valence-corrected chi connectivity index (χ2v) is 6.29. The minimum Gasteiger partial charge on any atom is -0.290 e. The topological polar surface area (TPSA) is 50.1 Å². The molecule has 4 heteroatoms. The van der Waals surface area contributed by atoms with Crippen molar-refractivity contribution >= 4 is 11.9 Å². The van der Waals surface area contributed by atoms with E-state index in [-0.39, 0.29) is 5.56 Å². The molecule has 3 aromatic carbocycles. The SMILES string of the molecule is Cc1ccccc1-n1[nH]c(-c2ccccc2)c(C=Nc2ccccc2)c1=O. The lowest BCUT2D eigenvalue weighted by Gasteiger charge is -2.05. The van der Waals surface area contributed by atoms with Crippen molar-refractivity contribution in [2.24, 2.45) is 4.99 Å². The molecule has 4 nitrogen and oxygen atoms in total. The Morgan fingerprint density at radius 3 is 2.19 bits per heavy atom. The van der Waals surface area contributed by atoms with Gasteiger partial charge < -0.3 is 0 Å². The number of nitrogens with one attached hydrogen (secondary N) is 1. The quantitative estimate of drug-likeness (QED) is 0.522. The van der Waals surface area contributed by atoms with Gasteiger partial charge in [0.1, 0.15) is 0 Å². The van der Waals surface area contributed by atoms with Gasteiger partial charge in [0, 0.05) is 11.8 Å². The van der Waals surface area contributed by atoms with E-state index in [0.29, 0.717) is 5.56 Å². The Morgan fingerprint density at radius 2 is 1.48 bits per heavy atom. The summed E-state index contributed by atoms with van der Waals surface area (Å²) in [7, 11) is 0. The maximum Gasteiger partial charge on any atom is 0.280 e. The molecule has 0 spiro atoms. The lowest BCUT2D eigenvalue weighted by molar-refractivity contribution is 0.845. The summed E-state index contributed by atoms with van der Waals surface area (Å²) in [5, 5.41) is 3.27. The van der Waals surface area contributed by atoms with Crippen molar-refractivity contribution in [2.45, 2.75) is 6.92 Å². The summed E-state index contributed by atoms with van der Waals surface area (Å²) in [6, 6.07) is 27.2. The van der Waals surface area contributed by atoms with Crippen molar-refractivity contribution in [1.29, 1.82) is 0 Å². The van der Waals surface area contributed by atoms with Gasteiger partial charge in [-0.3, -0.25) is 14.9 Å². The van der Waals surface area contributed by atoms with Crippen LogP contribution in [0.2, 0.25) is 0 Å². The number of aromatic amines is 1. The largest absolute Gasteiger partial charge is 0.290 e. The Balaban J connectivity index is 1.90. The van der Waals surface area contributed by atoms with Gasteiger partial charge in [0.15, 0.2) is 0 Å². The van der Waals surface area contributed by atoms with Crippen LogP contribution < -0.4 is 5.56 Å². The van der Waals surface area contributed by atoms with Crippen molar-refractivity contribution in [2.75, 3.05) is 0 Å². The molecule has 1 aromatic heterocycles. The van der Waals surface area contributed by atoms with Crippen LogP contribution in [0.3, 0.4) is 0 Å². The van der Waals surface area contributed by atoms with E-state index in [9.17, 15) is 4.79 Å². The van der Waals surface area contributed by atoms with Crippen molar-refractivity contribution < 1.29 is 0 Å². The van der Waals surface area contributed by atoms with Gasteiger partial charge >= 0.3 is 0 Å². The molecule has 0 aliphatic carbocycles. The van der Waals surface area contributed by atoms with E-state index in [2.05, 4.69) is 10.1 Å². The first kappa shape index (κ1) is 16.8.